The summed E-state index contributed by atoms with van der Waals surface area (Å²) in [4.78, 5) is 27.6. The number of nitrogens with zero attached hydrogens (tertiary/aromatic N) is 1. The second-order valence-electron chi connectivity index (χ2n) is 8.24. The SMILES string of the molecule is CCOc1ccc(CCNC(=O)CN2C(=O)/C(=C\c3ccccc3Cl)Oc3ccccc32)cc1OCC. The van der Waals surface area contributed by atoms with Crippen molar-refractivity contribution in [3.8, 4) is 17.2 Å². The van der Waals surface area contributed by atoms with Crippen LogP contribution in [0.5, 0.6) is 17.2 Å². The van der Waals surface area contributed by atoms with E-state index in [1.165, 1.54) is 4.90 Å². The van der Waals surface area contributed by atoms with Gasteiger partial charge in [0.15, 0.2) is 23.0 Å². The van der Waals surface area contributed by atoms with E-state index in [1.807, 2.05) is 50.2 Å². The molecule has 8 heteroatoms. The monoisotopic (exact) mass is 520 g/mol. The summed E-state index contributed by atoms with van der Waals surface area (Å²) in [5, 5.41) is 3.41. The highest BCUT2D eigenvalue weighted by Gasteiger charge is 2.31. The zero-order valence-corrected chi connectivity index (χ0v) is 21.6. The molecule has 0 spiro atoms. The van der Waals surface area contributed by atoms with E-state index in [0.717, 1.165) is 5.56 Å². The number of amides is 2. The largest absolute Gasteiger partial charge is 0.490 e. The molecule has 192 valence electrons. The molecule has 4 rings (SSSR count). The van der Waals surface area contributed by atoms with Crippen molar-refractivity contribution in [1.82, 2.24) is 5.32 Å². The zero-order chi connectivity index (χ0) is 26.2. The Morgan fingerprint density at radius 1 is 1.00 bits per heavy atom. The highest BCUT2D eigenvalue weighted by molar-refractivity contribution is 6.32. The number of nitrogens with one attached hydrogen (secondary N) is 1. The van der Waals surface area contributed by atoms with Crippen LogP contribution in [0.4, 0.5) is 5.69 Å². The fraction of sp³-hybridized carbons (Fsp3) is 0.241. The highest BCUT2D eigenvalue weighted by atomic mass is 35.5. The first-order valence-corrected chi connectivity index (χ1v) is 12.6. The second kappa shape index (κ2) is 12.3. The van der Waals surface area contributed by atoms with Gasteiger partial charge in [-0.2, -0.15) is 0 Å². The summed E-state index contributed by atoms with van der Waals surface area (Å²) < 4.78 is 17.2. The average Bonchev–Trinajstić information content (AvgIpc) is 2.89. The molecule has 0 saturated carbocycles. The Labute approximate surface area is 221 Å². The van der Waals surface area contributed by atoms with Crippen LogP contribution in [0.3, 0.4) is 0 Å². The Morgan fingerprint density at radius 3 is 2.51 bits per heavy atom. The normalized spacial score (nSPS) is 13.6. The van der Waals surface area contributed by atoms with Crippen molar-refractivity contribution in [1.29, 1.82) is 0 Å². The van der Waals surface area contributed by atoms with Gasteiger partial charge in [-0.1, -0.05) is 48.0 Å². The topological polar surface area (TPSA) is 77.1 Å². The van der Waals surface area contributed by atoms with Gasteiger partial charge in [0, 0.05) is 11.6 Å². The third kappa shape index (κ3) is 6.43. The predicted molar refractivity (Wildman–Crippen MR) is 144 cm³/mol. The van der Waals surface area contributed by atoms with Crippen molar-refractivity contribution in [3.05, 3.63) is 88.6 Å². The molecule has 37 heavy (non-hydrogen) atoms. The Hall–Kier alpha value is -3.97. The van der Waals surface area contributed by atoms with Crippen LogP contribution in [-0.4, -0.2) is 38.1 Å². The molecular weight excluding hydrogens is 492 g/mol. The van der Waals surface area contributed by atoms with Crippen LogP contribution in [0.1, 0.15) is 25.0 Å². The number of benzene rings is 3. The van der Waals surface area contributed by atoms with Gasteiger partial charge in [0.1, 0.15) is 6.54 Å². The van der Waals surface area contributed by atoms with Crippen LogP contribution in [0.2, 0.25) is 5.02 Å². The Balaban J connectivity index is 1.44. The number of hydrogen-bond acceptors (Lipinski definition) is 5. The lowest BCUT2D eigenvalue weighted by atomic mass is 10.1. The fourth-order valence-corrected chi connectivity index (χ4v) is 4.14. The van der Waals surface area contributed by atoms with E-state index in [4.69, 9.17) is 25.8 Å². The van der Waals surface area contributed by atoms with Gasteiger partial charge >= 0.3 is 0 Å². The lowest BCUT2D eigenvalue weighted by molar-refractivity contribution is -0.123. The molecule has 7 nitrogen and oxygen atoms in total. The maximum Gasteiger partial charge on any atom is 0.294 e. The molecule has 0 radical (unpaired) electrons. The van der Waals surface area contributed by atoms with Crippen LogP contribution in [0, 0.1) is 0 Å². The van der Waals surface area contributed by atoms with Gasteiger partial charge in [0.2, 0.25) is 5.91 Å². The van der Waals surface area contributed by atoms with Gasteiger partial charge in [0.25, 0.3) is 5.91 Å². The smallest absolute Gasteiger partial charge is 0.294 e. The van der Waals surface area contributed by atoms with Gasteiger partial charge in [-0.05, 0) is 67.8 Å². The summed E-state index contributed by atoms with van der Waals surface area (Å²) in [6.07, 6.45) is 2.19. The molecule has 0 fully saturated rings. The third-order valence-electron chi connectivity index (χ3n) is 5.67. The van der Waals surface area contributed by atoms with Crippen molar-refractivity contribution in [3.63, 3.8) is 0 Å². The average molecular weight is 521 g/mol. The van der Waals surface area contributed by atoms with Crippen molar-refractivity contribution in [2.75, 3.05) is 31.2 Å². The summed E-state index contributed by atoms with van der Waals surface area (Å²) in [7, 11) is 0. The van der Waals surface area contributed by atoms with Crippen LogP contribution < -0.4 is 24.4 Å². The lowest BCUT2D eigenvalue weighted by Crippen LogP contribution is -2.44. The van der Waals surface area contributed by atoms with E-state index in [9.17, 15) is 9.59 Å². The molecule has 0 bridgehead atoms. The molecule has 1 aliphatic heterocycles. The molecule has 0 atom stereocenters. The number of fused-ring (bicyclic) bond motifs is 1. The molecule has 0 aliphatic carbocycles. The molecule has 1 N–H and O–H groups in total. The van der Waals surface area contributed by atoms with Gasteiger partial charge in [-0.3, -0.25) is 14.5 Å². The Bertz CT molecular complexity index is 1310. The number of para-hydroxylation sites is 2. The van der Waals surface area contributed by atoms with E-state index in [1.54, 1.807) is 36.4 Å². The van der Waals surface area contributed by atoms with Crippen molar-refractivity contribution >= 4 is 35.2 Å². The highest BCUT2D eigenvalue weighted by Crippen LogP contribution is 2.36. The summed E-state index contributed by atoms with van der Waals surface area (Å²) in [5.41, 5.74) is 2.19. The molecule has 3 aromatic rings. The fourth-order valence-electron chi connectivity index (χ4n) is 3.95. The quantitative estimate of drug-likeness (QED) is 0.369. The minimum atomic E-state index is -0.415. The molecule has 1 aliphatic rings. The number of carbonyl (C=O) groups excluding carboxylic acids is 2. The molecule has 0 unspecified atom stereocenters. The van der Waals surface area contributed by atoms with Gasteiger partial charge in [0.05, 0.1) is 18.9 Å². The number of ether oxygens (including phenoxy) is 3. The van der Waals surface area contributed by atoms with Crippen LogP contribution in [0.15, 0.2) is 72.5 Å². The van der Waals surface area contributed by atoms with E-state index in [0.29, 0.717) is 59.7 Å². The van der Waals surface area contributed by atoms with Crippen LogP contribution in [0.25, 0.3) is 6.08 Å². The van der Waals surface area contributed by atoms with Gasteiger partial charge < -0.3 is 19.5 Å². The number of hydrogen-bond donors (Lipinski definition) is 1. The van der Waals surface area contributed by atoms with Crippen molar-refractivity contribution in [2.45, 2.75) is 20.3 Å². The maximum atomic E-state index is 13.3. The van der Waals surface area contributed by atoms with Crippen molar-refractivity contribution < 1.29 is 23.8 Å². The number of anilines is 1. The maximum absolute atomic E-state index is 13.3. The first-order chi connectivity index (χ1) is 18.0. The van der Waals surface area contributed by atoms with Crippen LogP contribution >= 0.6 is 11.6 Å². The minimum absolute atomic E-state index is 0.0949. The molecule has 3 aromatic carbocycles. The van der Waals surface area contributed by atoms with Crippen molar-refractivity contribution in [2.24, 2.45) is 0 Å². The lowest BCUT2D eigenvalue weighted by Gasteiger charge is -2.30. The number of carbonyl (C=O) groups is 2. The molecule has 1 heterocycles. The van der Waals surface area contributed by atoms with Crippen LogP contribution in [-0.2, 0) is 16.0 Å². The number of rotatable bonds is 10. The molecule has 2 amide bonds. The zero-order valence-electron chi connectivity index (χ0n) is 20.8. The number of halogens is 1. The molecule has 0 saturated heterocycles. The van der Waals surface area contributed by atoms with E-state index >= 15 is 0 Å². The van der Waals surface area contributed by atoms with E-state index < -0.39 is 5.91 Å². The minimum Gasteiger partial charge on any atom is -0.490 e. The summed E-state index contributed by atoms with van der Waals surface area (Å²) >= 11 is 6.27. The summed E-state index contributed by atoms with van der Waals surface area (Å²) in [6, 6.07) is 20.0. The second-order valence-corrected chi connectivity index (χ2v) is 8.65. The molecule has 0 aromatic heterocycles. The summed E-state index contributed by atoms with van der Waals surface area (Å²) in [6.45, 7) is 5.18. The Morgan fingerprint density at radius 2 is 1.73 bits per heavy atom. The summed E-state index contributed by atoms with van der Waals surface area (Å²) in [5.74, 6) is 1.27. The molecular formula is C29H29ClN2O5. The van der Waals surface area contributed by atoms with Gasteiger partial charge in [-0.25, -0.2) is 0 Å². The standard InChI is InChI=1S/C29H29ClN2O5/c1-3-35-25-14-13-20(17-26(25)36-4-2)15-16-31-28(33)19-32-23-11-7-8-12-24(23)37-27(29(32)34)18-21-9-5-6-10-22(21)30/h5-14,17-18H,3-4,15-16,19H2,1-2H3,(H,31,33)/b27-18+. The van der Waals surface area contributed by atoms with E-state index in [2.05, 4.69) is 5.32 Å². The van der Waals surface area contributed by atoms with E-state index in [-0.39, 0.29) is 18.2 Å². The first-order valence-electron chi connectivity index (χ1n) is 12.2. The first kappa shape index (κ1) is 26.1. The van der Waals surface area contributed by atoms with Gasteiger partial charge in [-0.15, -0.1) is 0 Å². The predicted octanol–water partition coefficient (Wildman–Crippen LogP) is 5.26. The Kier molecular flexibility index (Phi) is 8.69. The third-order valence-corrected chi connectivity index (χ3v) is 6.01.